The number of aryl methyl sites for hydroxylation is 1. The second kappa shape index (κ2) is 11.7. The first-order valence-corrected chi connectivity index (χ1v) is 9.89. The van der Waals surface area contributed by atoms with Crippen LogP contribution in [0.15, 0.2) is 44.4 Å². The standard InChI is InChI=1S/C20H28BrN3O3/c1-4-22-20(23-10-9-17-7-8-19(21)27-17)24-14-16-6-5-15(2)13-18(16)26-12-11-25-3/h5-8,13H,4,9-12,14H2,1-3H3,(H2,22,23,24). The van der Waals surface area contributed by atoms with E-state index < -0.39 is 0 Å². The number of hydrogen-bond acceptors (Lipinski definition) is 4. The molecule has 148 valence electrons. The first-order valence-electron chi connectivity index (χ1n) is 9.10. The molecule has 0 aliphatic carbocycles. The van der Waals surface area contributed by atoms with Crippen molar-refractivity contribution in [1.82, 2.24) is 10.6 Å². The van der Waals surface area contributed by atoms with E-state index in [0.717, 1.165) is 52.8 Å². The molecule has 0 fully saturated rings. The molecular formula is C20H28BrN3O3. The van der Waals surface area contributed by atoms with Crippen molar-refractivity contribution in [1.29, 1.82) is 0 Å². The van der Waals surface area contributed by atoms with Gasteiger partial charge in [-0.1, -0.05) is 12.1 Å². The monoisotopic (exact) mass is 437 g/mol. The summed E-state index contributed by atoms with van der Waals surface area (Å²) in [4.78, 5) is 4.68. The Balaban J connectivity index is 1.96. The quantitative estimate of drug-likeness (QED) is 0.337. The zero-order chi connectivity index (χ0) is 19.5. The molecule has 0 aliphatic rings. The summed E-state index contributed by atoms with van der Waals surface area (Å²) in [7, 11) is 1.67. The van der Waals surface area contributed by atoms with E-state index in [2.05, 4.69) is 50.6 Å². The molecule has 0 spiro atoms. The van der Waals surface area contributed by atoms with Crippen molar-refractivity contribution in [3.8, 4) is 5.75 Å². The van der Waals surface area contributed by atoms with Crippen molar-refractivity contribution in [2.24, 2.45) is 4.99 Å². The van der Waals surface area contributed by atoms with Crippen molar-refractivity contribution < 1.29 is 13.9 Å². The van der Waals surface area contributed by atoms with Gasteiger partial charge in [0.15, 0.2) is 10.6 Å². The van der Waals surface area contributed by atoms with Crippen molar-refractivity contribution in [2.75, 3.05) is 33.4 Å². The zero-order valence-corrected chi connectivity index (χ0v) is 17.8. The lowest BCUT2D eigenvalue weighted by Crippen LogP contribution is -2.38. The van der Waals surface area contributed by atoms with E-state index >= 15 is 0 Å². The normalized spacial score (nSPS) is 11.5. The van der Waals surface area contributed by atoms with Gasteiger partial charge in [-0.25, -0.2) is 4.99 Å². The van der Waals surface area contributed by atoms with Crippen LogP contribution in [0.4, 0.5) is 0 Å². The van der Waals surface area contributed by atoms with Gasteiger partial charge in [-0.2, -0.15) is 0 Å². The van der Waals surface area contributed by atoms with Gasteiger partial charge < -0.3 is 24.5 Å². The summed E-state index contributed by atoms with van der Waals surface area (Å²) in [5.74, 6) is 2.55. The molecule has 0 bridgehead atoms. The van der Waals surface area contributed by atoms with E-state index in [-0.39, 0.29) is 0 Å². The molecule has 0 unspecified atom stereocenters. The first kappa shape index (κ1) is 21.3. The number of nitrogens with one attached hydrogen (secondary N) is 2. The Kier molecular flexibility index (Phi) is 9.21. The predicted molar refractivity (Wildman–Crippen MR) is 111 cm³/mol. The largest absolute Gasteiger partial charge is 0.491 e. The number of halogens is 1. The van der Waals surface area contributed by atoms with Crippen molar-refractivity contribution in [2.45, 2.75) is 26.8 Å². The molecule has 0 saturated heterocycles. The van der Waals surface area contributed by atoms with Gasteiger partial charge in [-0.15, -0.1) is 0 Å². The molecule has 0 saturated carbocycles. The van der Waals surface area contributed by atoms with Crippen LogP contribution >= 0.6 is 15.9 Å². The molecule has 27 heavy (non-hydrogen) atoms. The predicted octanol–water partition coefficient (Wildman–Crippen LogP) is 3.67. The van der Waals surface area contributed by atoms with E-state index in [1.165, 1.54) is 0 Å². The fourth-order valence-electron chi connectivity index (χ4n) is 2.46. The van der Waals surface area contributed by atoms with E-state index in [0.29, 0.717) is 19.8 Å². The minimum atomic E-state index is 0.522. The van der Waals surface area contributed by atoms with Crippen molar-refractivity contribution >= 4 is 21.9 Å². The fraction of sp³-hybridized carbons (Fsp3) is 0.450. The summed E-state index contributed by atoms with van der Waals surface area (Å²) in [5.41, 5.74) is 2.20. The van der Waals surface area contributed by atoms with Crippen LogP contribution in [-0.2, 0) is 17.7 Å². The lowest BCUT2D eigenvalue weighted by atomic mass is 10.1. The summed E-state index contributed by atoms with van der Waals surface area (Å²) in [5, 5.41) is 6.60. The second-order valence-corrected chi connectivity index (χ2v) is 6.81. The number of hydrogen-bond donors (Lipinski definition) is 2. The third kappa shape index (κ3) is 7.64. The van der Waals surface area contributed by atoms with Gasteiger partial charge in [0.1, 0.15) is 18.1 Å². The highest BCUT2D eigenvalue weighted by atomic mass is 79.9. The molecule has 2 rings (SSSR count). The number of furan rings is 1. The van der Waals surface area contributed by atoms with E-state index in [1.807, 2.05) is 25.1 Å². The van der Waals surface area contributed by atoms with Gasteiger partial charge in [0.2, 0.25) is 0 Å². The highest BCUT2D eigenvalue weighted by molar-refractivity contribution is 9.10. The molecule has 0 aliphatic heterocycles. The molecule has 1 aromatic carbocycles. The summed E-state index contributed by atoms with van der Waals surface area (Å²) >= 11 is 3.32. The maximum Gasteiger partial charge on any atom is 0.191 e. The Morgan fingerprint density at radius 3 is 2.74 bits per heavy atom. The molecule has 6 nitrogen and oxygen atoms in total. The number of nitrogens with zero attached hydrogens (tertiary/aromatic N) is 1. The van der Waals surface area contributed by atoms with Crippen LogP contribution in [-0.4, -0.2) is 39.4 Å². The third-order valence-corrected chi connectivity index (χ3v) is 4.24. The maximum absolute atomic E-state index is 5.84. The third-order valence-electron chi connectivity index (χ3n) is 3.81. The van der Waals surface area contributed by atoms with Gasteiger partial charge in [-0.3, -0.25) is 0 Å². The Bertz CT molecular complexity index is 731. The van der Waals surface area contributed by atoms with Crippen LogP contribution in [0.5, 0.6) is 5.75 Å². The Labute approximate surface area is 169 Å². The van der Waals surface area contributed by atoms with Crippen LogP contribution in [0.2, 0.25) is 0 Å². The van der Waals surface area contributed by atoms with Crippen LogP contribution in [0.25, 0.3) is 0 Å². The zero-order valence-electron chi connectivity index (χ0n) is 16.2. The lowest BCUT2D eigenvalue weighted by Gasteiger charge is -2.13. The van der Waals surface area contributed by atoms with Gasteiger partial charge in [0, 0.05) is 32.2 Å². The average molecular weight is 438 g/mol. The average Bonchev–Trinajstić information content (AvgIpc) is 3.06. The molecule has 0 atom stereocenters. The highest BCUT2D eigenvalue weighted by Crippen LogP contribution is 2.21. The van der Waals surface area contributed by atoms with Crippen LogP contribution in [0.1, 0.15) is 23.8 Å². The molecule has 7 heteroatoms. The Morgan fingerprint density at radius 2 is 2.04 bits per heavy atom. The number of guanidine groups is 1. The number of ether oxygens (including phenoxy) is 2. The van der Waals surface area contributed by atoms with Crippen molar-refractivity contribution in [3.63, 3.8) is 0 Å². The van der Waals surface area contributed by atoms with Crippen LogP contribution < -0.4 is 15.4 Å². The number of aliphatic imine (C=N–C) groups is 1. The summed E-state index contributed by atoms with van der Waals surface area (Å²) < 4.78 is 17.2. The molecule has 0 radical (unpaired) electrons. The Morgan fingerprint density at radius 1 is 1.19 bits per heavy atom. The summed E-state index contributed by atoms with van der Waals surface area (Å²) in [6, 6.07) is 10.0. The van der Waals surface area contributed by atoms with E-state index in [9.17, 15) is 0 Å². The van der Waals surface area contributed by atoms with E-state index in [1.54, 1.807) is 7.11 Å². The van der Waals surface area contributed by atoms with Crippen LogP contribution in [0, 0.1) is 6.92 Å². The SMILES string of the molecule is CCNC(=NCc1ccc(C)cc1OCCOC)NCCc1ccc(Br)o1. The Hall–Kier alpha value is -1.99. The molecule has 2 aromatic rings. The van der Waals surface area contributed by atoms with Gasteiger partial charge >= 0.3 is 0 Å². The molecule has 2 N–H and O–H groups in total. The topological polar surface area (TPSA) is 68.0 Å². The van der Waals surface area contributed by atoms with Gasteiger partial charge in [-0.05, 0) is 53.5 Å². The second-order valence-electron chi connectivity index (χ2n) is 6.03. The first-order chi connectivity index (χ1) is 13.1. The van der Waals surface area contributed by atoms with Gasteiger partial charge in [0.25, 0.3) is 0 Å². The molecule has 0 amide bonds. The molecule has 1 heterocycles. The summed E-state index contributed by atoms with van der Waals surface area (Å²) in [6.07, 6.45) is 0.784. The van der Waals surface area contributed by atoms with Gasteiger partial charge in [0.05, 0.1) is 13.2 Å². The minimum Gasteiger partial charge on any atom is -0.491 e. The van der Waals surface area contributed by atoms with Crippen molar-refractivity contribution in [3.05, 3.63) is 51.9 Å². The van der Waals surface area contributed by atoms with Crippen LogP contribution in [0.3, 0.4) is 0 Å². The molecule has 1 aromatic heterocycles. The minimum absolute atomic E-state index is 0.522. The number of methoxy groups -OCH3 is 1. The van der Waals surface area contributed by atoms with E-state index in [4.69, 9.17) is 13.9 Å². The lowest BCUT2D eigenvalue weighted by molar-refractivity contribution is 0.145. The summed E-state index contributed by atoms with van der Waals surface area (Å²) in [6.45, 7) is 7.24. The fourth-order valence-corrected chi connectivity index (χ4v) is 2.80. The maximum atomic E-state index is 5.84. The number of benzene rings is 1. The smallest absolute Gasteiger partial charge is 0.191 e. The molecular weight excluding hydrogens is 410 g/mol. The number of rotatable bonds is 10. The highest BCUT2D eigenvalue weighted by Gasteiger charge is 2.06.